The highest BCUT2D eigenvalue weighted by Gasteiger charge is 2.14. The van der Waals surface area contributed by atoms with Gasteiger partial charge in [0, 0.05) is 52.0 Å². The maximum absolute atomic E-state index is 10.1. The van der Waals surface area contributed by atoms with Gasteiger partial charge in [-0.1, -0.05) is 12.1 Å². The van der Waals surface area contributed by atoms with Gasteiger partial charge >= 0.3 is 0 Å². The Morgan fingerprint density at radius 2 is 2.04 bits per heavy atom. The average Bonchev–Trinajstić information content (AvgIpc) is 2.61. The Kier molecular flexibility index (Phi) is 7.99. The summed E-state index contributed by atoms with van der Waals surface area (Å²) in [5.74, 6) is 0. The SMILES string of the molecule is CN(CCC#N)c1ccc(CNCC(O)CN2CCOCC2)cc1. The molecule has 1 aliphatic rings. The molecule has 1 aromatic carbocycles. The van der Waals surface area contributed by atoms with Crippen LogP contribution in [0.1, 0.15) is 12.0 Å². The van der Waals surface area contributed by atoms with Gasteiger partial charge in [0.15, 0.2) is 0 Å². The predicted molar refractivity (Wildman–Crippen MR) is 94.9 cm³/mol. The van der Waals surface area contributed by atoms with Crippen molar-refractivity contribution >= 4 is 5.69 Å². The van der Waals surface area contributed by atoms with E-state index < -0.39 is 0 Å². The van der Waals surface area contributed by atoms with Gasteiger partial charge in [-0.05, 0) is 17.7 Å². The zero-order chi connectivity index (χ0) is 17.2. The molecule has 0 saturated carbocycles. The van der Waals surface area contributed by atoms with E-state index in [0.717, 1.165) is 45.1 Å². The molecular weight excluding hydrogens is 304 g/mol. The van der Waals surface area contributed by atoms with Crippen molar-refractivity contribution in [2.24, 2.45) is 0 Å². The summed E-state index contributed by atoms with van der Waals surface area (Å²) in [5, 5.41) is 22.0. The van der Waals surface area contributed by atoms with Gasteiger partial charge < -0.3 is 20.1 Å². The minimum Gasteiger partial charge on any atom is -0.390 e. The fourth-order valence-corrected chi connectivity index (χ4v) is 2.74. The lowest BCUT2D eigenvalue weighted by molar-refractivity contribution is 0.0149. The van der Waals surface area contributed by atoms with Crippen LogP contribution < -0.4 is 10.2 Å². The van der Waals surface area contributed by atoms with E-state index in [2.05, 4.69) is 45.5 Å². The standard InChI is InChI=1S/C18H28N4O2/c1-21(8-2-7-19)17-5-3-16(4-6-17)13-20-14-18(23)15-22-9-11-24-12-10-22/h3-6,18,20,23H,2,8-15H2,1H3. The lowest BCUT2D eigenvalue weighted by Gasteiger charge is -2.28. The maximum Gasteiger partial charge on any atom is 0.0791 e. The Bertz CT molecular complexity index is 509. The largest absolute Gasteiger partial charge is 0.390 e. The van der Waals surface area contributed by atoms with Gasteiger partial charge in [-0.15, -0.1) is 0 Å². The summed E-state index contributed by atoms with van der Waals surface area (Å²) in [6, 6.07) is 10.5. The summed E-state index contributed by atoms with van der Waals surface area (Å²) in [7, 11) is 1.99. The van der Waals surface area contributed by atoms with Crippen LogP contribution in [-0.4, -0.2) is 69.1 Å². The van der Waals surface area contributed by atoms with Crippen molar-refractivity contribution in [2.75, 3.05) is 57.9 Å². The second-order valence-electron chi connectivity index (χ2n) is 6.19. The smallest absolute Gasteiger partial charge is 0.0791 e. The van der Waals surface area contributed by atoms with E-state index in [4.69, 9.17) is 10.00 Å². The molecule has 1 fully saturated rings. The number of rotatable bonds is 9. The monoisotopic (exact) mass is 332 g/mol. The summed E-state index contributed by atoms with van der Waals surface area (Å²) in [4.78, 5) is 4.31. The van der Waals surface area contributed by atoms with Crippen molar-refractivity contribution in [3.8, 4) is 6.07 Å². The molecular formula is C18H28N4O2. The highest BCUT2D eigenvalue weighted by molar-refractivity contribution is 5.46. The van der Waals surface area contributed by atoms with Gasteiger partial charge in [0.2, 0.25) is 0 Å². The van der Waals surface area contributed by atoms with Gasteiger partial charge in [-0.25, -0.2) is 0 Å². The number of anilines is 1. The molecule has 6 heteroatoms. The van der Waals surface area contributed by atoms with Crippen LogP contribution in [0.5, 0.6) is 0 Å². The minimum absolute atomic E-state index is 0.362. The maximum atomic E-state index is 10.1. The molecule has 0 bridgehead atoms. The first-order valence-electron chi connectivity index (χ1n) is 8.55. The van der Waals surface area contributed by atoms with Crippen molar-refractivity contribution in [3.05, 3.63) is 29.8 Å². The Hall–Kier alpha value is -1.65. The fraction of sp³-hybridized carbons (Fsp3) is 0.611. The third kappa shape index (κ3) is 6.46. The summed E-state index contributed by atoms with van der Waals surface area (Å²) in [6.07, 6.45) is 0.167. The molecule has 1 aliphatic heterocycles. The van der Waals surface area contributed by atoms with Crippen LogP contribution in [0.3, 0.4) is 0 Å². The number of aliphatic hydroxyl groups excluding tert-OH is 1. The van der Waals surface area contributed by atoms with E-state index in [0.29, 0.717) is 19.5 Å². The summed E-state index contributed by atoms with van der Waals surface area (Å²) < 4.78 is 5.31. The average molecular weight is 332 g/mol. The summed E-state index contributed by atoms with van der Waals surface area (Å²) in [5.41, 5.74) is 2.30. The molecule has 0 spiro atoms. The molecule has 0 radical (unpaired) electrons. The molecule has 6 nitrogen and oxygen atoms in total. The van der Waals surface area contributed by atoms with Crippen molar-refractivity contribution in [1.29, 1.82) is 5.26 Å². The van der Waals surface area contributed by atoms with Crippen LogP contribution in [0.4, 0.5) is 5.69 Å². The topological polar surface area (TPSA) is 71.8 Å². The highest BCUT2D eigenvalue weighted by Crippen LogP contribution is 2.14. The van der Waals surface area contributed by atoms with Crippen molar-refractivity contribution in [2.45, 2.75) is 19.1 Å². The van der Waals surface area contributed by atoms with Crippen LogP contribution in [-0.2, 0) is 11.3 Å². The van der Waals surface area contributed by atoms with Gasteiger partial charge in [-0.2, -0.15) is 5.26 Å². The molecule has 0 aromatic heterocycles. The molecule has 1 atom stereocenters. The summed E-state index contributed by atoms with van der Waals surface area (Å²) >= 11 is 0. The molecule has 132 valence electrons. The van der Waals surface area contributed by atoms with Crippen molar-refractivity contribution in [3.63, 3.8) is 0 Å². The number of aliphatic hydroxyl groups is 1. The first-order valence-corrected chi connectivity index (χ1v) is 8.55. The third-order valence-electron chi connectivity index (χ3n) is 4.22. The second kappa shape index (κ2) is 10.3. The number of nitrogens with zero attached hydrogens (tertiary/aromatic N) is 3. The molecule has 1 saturated heterocycles. The number of nitrogens with one attached hydrogen (secondary N) is 1. The number of hydrogen-bond donors (Lipinski definition) is 2. The first kappa shape index (κ1) is 18.7. The van der Waals surface area contributed by atoms with Crippen LogP contribution in [0.25, 0.3) is 0 Å². The predicted octanol–water partition coefficient (Wildman–Crippen LogP) is 0.819. The summed E-state index contributed by atoms with van der Waals surface area (Å²) in [6.45, 7) is 6.07. The molecule has 0 amide bonds. The van der Waals surface area contributed by atoms with Gasteiger partial charge in [0.1, 0.15) is 0 Å². The van der Waals surface area contributed by atoms with Gasteiger partial charge in [0.25, 0.3) is 0 Å². The number of benzene rings is 1. The van der Waals surface area contributed by atoms with E-state index in [1.54, 1.807) is 0 Å². The van der Waals surface area contributed by atoms with E-state index in [9.17, 15) is 5.11 Å². The number of β-amino-alcohol motifs (C(OH)–C–C–N with tert-alkyl or cyclic N) is 1. The molecule has 1 heterocycles. The van der Waals surface area contributed by atoms with E-state index in [1.807, 2.05) is 7.05 Å². The number of ether oxygens (including phenoxy) is 1. The van der Waals surface area contributed by atoms with Crippen LogP contribution in [0.2, 0.25) is 0 Å². The Morgan fingerprint density at radius 1 is 1.33 bits per heavy atom. The molecule has 1 aromatic rings. The van der Waals surface area contributed by atoms with Crippen LogP contribution in [0, 0.1) is 11.3 Å². The molecule has 2 rings (SSSR count). The molecule has 24 heavy (non-hydrogen) atoms. The van der Waals surface area contributed by atoms with Crippen LogP contribution >= 0.6 is 0 Å². The molecule has 1 unspecified atom stereocenters. The highest BCUT2D eigenvalue weighted by atomic mass is 16.5. The van der Waals surface area contributed by atoms with E-state index in [-0.39, 0.29) is 6.10 Å². The van der Waals surface area contributed by atoms with Gasteiger partial charge in [0.05, 0.1) is 31.8 Å². The van der Waals surface area contributed by atoms with E-state index >= 15 is 0 Å². The minimum atomic E-state index is -0.362. The van der Waals surface area contributed by atoms with Crippen LogP contribution in [0.15, 0.2) is 24.3 Å². The Morgan fingerprint density at radius 3 is 2.71 bits per heavy atom. The van der Waals surface area contributed by atoms with Crippen molar-refractivity contribution < 1.29 is 9.84 Å². The molecule has 2 N–H and O–H groups in total. The Labute approximate surface area is 144 Å². The lowest BCUT2D eigenvalue weighted by atomic mass is 10.2. The Balaban J connectivity index is 1.67. The number of nitriles is 1. The van der Waals surface area contributed by atoms with E-state index in [1.165, 1.54) is 5.56 Å². The normalized spacial score (nSPS) is 16.5. The number of hydrogen-bond acceptors (Lipinski definition) is 6. The lowest BCUT2D eigenvalue weighted by Crippen LogP contribution is -2.43. The second-order valence-corrected chi connectivity index (χ2v) is 6.19. The van der Waals surface area contributed by atoms with Crippen molar-refractivity contribution in [1.82, 2.24) is 10.2 Å². The third-order valence-corrected chi connectivity index (χ3v) is 4.22. The fourth-order valence-electron chi connectivity index (χ4n) is 2.74. The number of morpholine rings is 1. The zero-order valence-electron chi connectivity index (χ0n) is 14.4. The molecule has 0 aliphatic carbocycles. The first-order chi connectivity index (χ1) is 11.7. The zero-order valence-corrected chi connectivity index (χ0v) is 14.4. The quantitative estimate of drug-likeness (QED) is 0.698. The van der Waals surface area contributed by atoms with Gasteiger partial charge in [-0.3, -0.25) is 4.90 Å².